The molecule has 5 heteroatoms. The van der Waals surface area contributed by atoms with Gasteiger partial charge in [0.15, 0.2) is 0 Å². The molecule has 1 aliphatic carbocycles. The molecular weight excluding hydrogens is 324 g/mol. The number of morpholine rings is 1. The Bertz CT molecular complexity index is 566. The molecule has 1 aromatic rings. The minimum Gasteiger partial charge on any atom is -0.370 e. The number of rotatable bonds is 3. The van der Waals surface area contributed by atoms with Crippen molar-refractivity contribution in [2.24, 2.45) is 11.7 Å². The van der Waals surface area contributed by atoms with E-state index in [1.54, 1.807) is 0 Å². The fraction of sp³-hybridized carbons (Fsp3) is 0.632. The van der Waals surface area contributed by atoms with E-state index in [1.165, 1.54) is 11.1 Å². The number of hydrogen-bond donors (Lipinski definition) is 1. The van der Waals surface area contributed by atoms with E-state index in [2.05, 4.69) is 26.0 Å². The minimum atomic E-state index is -0.0198. The van der Waals surface area contributed by atoms with Gasteiger partial charge in [0.05, 0.1) is 19.2 Å². The highest BCUT2D eigenvalue weighted by Crippen LogP contribution is 2.31. The summed E-state index contributed by atoms with van der Waals surface area (Å²) in [5.41, 5.74) is 8.54. The zero-order chi connectivity index (χ0) is 16.4. The summed E-state index contributed by atoms with van der Waals surface area (Å²) >= 11 is 0. The standard InChI is InChI=1S/C19H28N2O2.ClH/c1-13-6-3-4-8-16(13)18-11-21(14(2)12-23-18)19(22)10-15-7-5-9-17(15)20;/h3-4,6,8,14-15,17-18H,5,7,9-12,20H2,1-2H3;1H/t14?,15-,17+,18?;/m0./s1. The maximum absolute atomic E-state index is 12.8. The smallest absolute Gasteiger partial charge is 0.223 e. The summed E-state index contributed by atoms with van der Waals surface area (Å²) in [6, 6.07) is 8.61. The number of amides is 1. The number of carbonyl (C=O) groups is 1. The van der Waals surface area contributed by atoms with Gasteiger partial charge in [-0.15, -0.1) is 12.4 Å². The predicted octanol–water partition coefficient (Wildman–Crippen LogP) is 3.22. The van der Waals surface area contributed by atoms with Crippen molar-refractivity contribution in [3.05, 3.63) is 35.4 Å². The van der Waals surface area contributed by atoms with Crippen LogP contribution in [0.15, 0.2) is 24.3 Å². The van der Waals surface area contributed by atoms with E-state index < -0.39 is 0 Å². The van der Waals surface area contributed by atoms with E-state index in [-0.39, 0.29) is 36.5 Å². The Labute approximate surface area is 151 Å². The van der Waals surface area contributed by atoms with E-state index in [1.807, 2.05) is 17.0 Å². The summed E-state index contributed by atoms with van der Waals surface area (Å²) in [7, 11) is 0. The van der Waals surface area contributed by atoms with Crippen LogP contribution in [0.4, 0.5) is 0 Å². The van der Waals surface area contributed by atoms with E-state index in [4.69, 9.17) is 10.5 Å². The lowest BCUT2D eigenvalue weighted by Crippen LogP contribution is -2.49. The highest BCUT2D eigenvalue weighted by atomic mass is 35.5. The SMILES string of the molecule is Cc1ccccc1C1CN(C(=O)C[C@@H]2CCC[C@H]2N)C(C)CO1.Cl. The molecule has 24 heavy (non-hydrogen) atoms. The fourth-order valence-corrected chi connectivity index (χ4v) is 3.90. The zero-order valence-electron chi connectivity index (χ0n) is 14.6. The van der Waals surface area contributed by atoms with E-state index in [9.17, 15) is 4.79 Å². The number of halogens is 1. The van der Waals surface area contributed by atoms with Gasteiger partial charge in [-0.1, -0.05) is 30.7 Å². The first-order chi connectivity index (χ1) is 11.1. The number of nitrogens with zero attached hydrogens (tertiary/aromatic N) is 1. The van der Waals surface area contributed by atoms with Crippen LogP contribution in [0.25, 0.3) is 0 Å². The van der Waals surface area contributed by atoms with Crippen LogP contribution in [-0.2, 0) is 9.53 Å². The lowest BCUT2D eigenvalue weighted by Gasteiger charge is -2.39. The Balaban J connectivity index is 0.00000208. The number of benzene rings is 1. The van der Waals surface area contributed by atoms with Crippen LogP contribution >= 0.6 is 12.4 Å². The van der Waals surface area contributed by atoms with Gasteiger partial charge in [-0.3, -0.25) is 4.79 Å². The molecule has 1 aliphatic heterocycles. The van der Waals surface area contributed by atoms with E-state index >= 15 is 0 Å². The van der Waals surface area contributed by atoms with Crippen molar-refractivity contribution >= 4 is 18.3 Å². The molecule has 0 bridgehead atoms. The molecule has 4 atom stereocenters. The van der Waals surface area contributed by atoms with Crippen molar-refractivity contribution in [2.45, 2.75) is 57.7 Å². The van der Waals surface area contributed by atoms with E-state index in [0.29, 0.717) is 25.5 Å². The number of ether oxygens (including phenoxy) is 1. The normalized spacial score (nSPS) is 30.0. The lowest BCUT2D eigenvalue weighted by atomic mass is 9.97. The second kappa shape index (κ2) is 8.32. The number of hydrogen-bond acceptors (Lipinski definition) is 3. The van der Waals surface area contributed by atoms with E-state index in [0.717, 1.165) is 19.3 Å². The first-order valence-electron chi connectivity index (χ1n) is 8.78. The molecule has 3 rings (SSSR count). The molecule has 2 unspecified atom stereocenters. The monoisotopic (exact) mass is 352 g/mol. The maximum Gasteiger partial charge on any atom is 0.223 e. The van der Waals surface area contributed by atoms with Crippen molar-refractivity contribution in [2.75, 3.05) is 13.2 Å². The average Bonchev–Trinajstić information content (AvgIpc) is 2.93. The van der Waals surface area contributed by atoms with Crippen LogP contribution in [0, 0.1) is 12.8 Å². The van der Waals surface area contributed by atoms with Crippen LogP contribution in [0.1, 0.15) is 49.8 Å². The Hall–Kier alpha value is -1.10. The Morgan fingerprint density at radius 2 is 2.08 bits per heavy atom. The van der Waals surface area contributed by atoms with Crippen LogP contribution in [-0.4, -0.2) is 36.0 Å². The molecule has 1 aromatic carbocycles. The van der Waals surface area contributed by atoms with Crippen LogP contribution < -0.4 is 5.73 Å². The van der Waals surface area contributed by atoms with Gasteiger partial charge in [0.2, 0.25) is 5.91 Å². The first-order valence-corrected chi connectivity index (χ1v) is 8.78. The van der Waals surface area contributed by atoms with Crippen molar-refractivity contribution in [3.63, 3.8) is 0 Å². The molecule has 134 valence electrons. The third-order valence-corrected chi connectivity index (χ3v) is 5.44. The molecule has 0 aromatic heterocycles. The number of nitrogens with two attached hydrogens (primary N) is 1. The fourth-order valence-electron chi connectivity index (χ4n) is 3.90. The van der Waals surface area contributed by atoms with Crippen molar-refractivity contribution < 1.29 is 9.53 Å². The summed E-state index contributed by atoms with van der Waals surface area (Å²) in [5.74, 6) is 0.594. The summed E-state index contributed by atoms with van der Waals surface area (Å²) in [4.78, 5) is 14.8. The molecule has 2 N–H and O–H groups in total. The lowest BCUT2D eigenvalue weighted by molar-refractivity contribution is -0.145. The molecule has 2 aliphatic rings. The van der Waals surface area contributed by atoms with Crippen molar-refractivity contribution in [3.8, 4) is 0 Å². The molecular formula is C19H29ClN2O2. The summed E-state index contributed by atoms with van der Waals surface area (Å²) in [6.45, 7) is 5.41. The number of carbonyl (C=O) groups excluding carboxylic acids is 1. The molecule has 1 heterocycles. The third kappa shape index (κ3) is 4.11. The van der Waals surface area contributed by atoms with Gasteiger partial charge in [0.1, 0.15) is 6.10 Å². The molecule has 1 amide bonds. The molecule has 0 spiro atoms. The first kappa shape index (κ1) is 19.2. The quantitative estimate of drug-likeness (QED) is 0.908. The Morgan fingerprint density at radius 3 is 2.75 bits per heavy atom. The average molecular weight is 353 g/mol. The topological polar surface area (TPSA) is 55.6 Å². The Morgan fingerprint density at radius 1 is 1.33 bits per heavy atom. The second-order valence-corrected chi connectivity index (χ2v) is 7.13. The highest BCUT2D eigenvalue weighted by Gasteiger charge is 2.34. The Kier molecular flexibility index (Phi) is 6.67. The predicted molar refractivity (Wildman–Crippen MR) is 98.2 cm³/mol. The van der Waals surface area contributed by atoms with Crippen molar-refractivity contribution in [1.29, 1.82) is 0 Å². The van der Waals surface area contributed by atoms with Crippen molar-refractivity contribution in [1.82, 2.24) is 4.90 Å². The van der Waals surface area contributed by atoms with Gasteiger partial charge in [-0.2, -0.15) is 0 Å². The summed E-state index contributed by atoms with van der Waals surface area (Å²) in [5, 5.41) is 0. The van der Waals surface area contributed by atoms with Gasteiger partial charge in [-0.05, 0) is 43.7 Å². The summed E-state index contributed by atoms with van der Waals surface area (Å²) in [6.07, 6.45) is 3.87. The van der Waals surface area contributed by atoms with Crippen LogP contribution in [0.5, 0.6) is 0 Å². The highest BCUT2D eigenvalue weighted by molar-refractivity contribution is 5.85. The third-order valence-electron chi connectivity index (χ3n) is 5.44. The second-order valence-electron chi connectivity index (χ2n) is 7.13. The molecule has 1 saturated carbocycles. The number of aryl methyl sites for hydroxylation is 1. The summed E-state index contributed by atoms with van der Waals surface area (Å²) < 4.78 is 6.01. The molecule has 1 saturated heterocycles. The van der Waals surface area contributed by atoms with Gasteiger partial charge in [0.25, 0.3) is 0 Å². The molecule has 0 radical (unpaired) electrons. The van der Waals surface area contributed by atoms with Crippen LogP contribution in [0.3, 0.4) is 0 Å². The van der Waals surface area contributed by atoms with Gasteiger partial charge in [-0.25, -0.2) is 0 Å². The molecule has 4 nitrogen and oxygen atoms in total. The van der Waals surface area contributed by atoms with Gasteiger partial charge < -0.3 is 15.4 Å². The largest absolute Gasteiger partial charge is 0.370 e. The van der Waals surface area contributed by atoms with Gasteiger partial charge >= 0.3 is 0 Å². The van der Waals surface area contributed by atoms with Gasteiger partial charge in [0, 0.05) is 12.5 Å². The maximum atomic E-state index is 12.8. The molecule has 2 fully saturated rings. The van der Waals surface area contributed by atoms with Crippen LogP contribution in [0.2, 0.25) is 0 Å². The zero-order valence-corrected chi connectivity index (χ0v) is 15.4. The minimum absolute atomic E-state index is 0.